The number of nitrogen functional groups attached to an aromatic ring is 1. The van der Waals surface area contributed by atoms with Gasteiger partial charge in [0.15, 0.2) is 0 Å². The van der Waals surface area contributed by atoms with Crippen LogP contribution in [0.3, 0.4) is 0 Å². The highest BCUT2D eigenvalue weighted by Crippen LogP contribution is 2.22. The maximum Gasteiger partial charge on any atom is 0.254 e. The van der Waals surface area contributed by atoms with Crippen molar-refractivity contribution in [2.75, 3.05) is 32.7 Å². The zero-order valence-corrected chi connectivity index (χ0v) is 27.2. The second kappa shape index (κ2) is 17.5. The first-order valence-electron chi connectivity index (χ1n) is 16.6. The van der Waals surface area contributed by atoms with Gasteiger partial charge in [0, 0.05) is 43.7 Å². The minimum atomic E-state index is -0.0321. The van der Waals surface area contributed by atoms with Gasteiger partial charge in [-0.2, -0.15) is 0 Å². The largest absolute Gasteiger partial charge is 0.384 e. The molecule has 0 unspecified atom stereocenters. The number of unbranched alkanes of at least 4 members (excludes halogenated alkanes) is 2. The summed E-state index contributed by atoms with van der Waals surface area (Å²) >= 11 is 0. The van der Waals surface area contributed by atoms with Crippen LogP contribution >= 0.6 is 0 Å². The van der Waals surface area contributed by atoms with Crippen molar-refractivity contribution in [1.29, 1.82) is 5.41 Å². The fourth-order valence-electron chi connectivity index (χ4n) is 5.81. The van der Waals surface area contributed by atoms with E-state index >= 15 is 0 Å². The lowest BCUT2D eigenvalue weighted by atomic mass is 10.1. The summed E-state index contributed by atoms with van der Waals surface area (Å²) in [6, 6.07) is 23.9. The number of aryl methyl sites for hydroxylation is 3. The van der Waals surface area contributed by atoms with Crippen LogP contribution in [0.25, 0.3) is 11.0 Å². The van der Waals surface area contributed by atoms with Crippen molar-refractivity contribution < 1.29 is 4.79 Å². The molecule has 0 aliphatic rings. The Morgan fingerprint density at radius 1 is 0.822 bits per heavy atom. The standard InChI is InChI=1S/C37H51N7O/c1-3-5-22-42(23-6-4-2)24-10-25-44-34-19-18-32(37(45)43(26-21-38)28-30-11-8-7-9-12-30)27-33(34)41-35(44)20-15-29-13-16-31(17-14-29)36(39)40/h7-9,11-14,16-19,27H,3-6,10,15,20-26,28,38H2,1-2H3,(H3,39,40). The molecule has 4 aromatic rings. The number of amidine groups is 1. The molecule has 0 aliphatic carbocycles. The summed E-state index contributed by atoms with van der Waals surface area (Å²) in [4.78, 5) is 23.2. The second-order valence-corrected chi connectivity index (χ2v) is 11.9. The van der Waals surface area contributed by atoms with Crippen LogP contribution in [0.15, 0.2) is 72.8 Å². The van der Waals surface area contributed by atoms with Crippen LogP contribution in [0.4, 0.5) is 0 Å². The minimum Gasteiger partial charge on any atom is -0.384 e. The van der Waals surface area contributed by atoms with Gasteiger partial charge in [0.05, 0.1) is 11.0 Å². The van der Waals surface area contributed by atoms with Crippen LogP contribution in [0, 0.1) is 5.41 Å². The molecule has 0 saturated heterocycles. The highest BCUT2D eigenvalue weighted by atomic mass is 16.2. The number of imidazole rings is 1. The second-order valence-electron chi connectivity index (χ2n) is 11.9. The fourth-order valence-corrected chi connectivity index (χ4v) is 5.81. The van der Waals surface area contributed by atoms with Crippen LogP contribution < -0.4 is 11.5 Å². The summed E-state index contributed by atoms with van der Waals surface area (Å²) in [7, 11) is 0. The Labute approximate surface area is 268 Å². The molecule has 0 fully saturated rings. The number of fused-ring (bicyclic) bond motifs is 1. The SMILES string of the molecule is CCCCN(CCCC)CCCn1c(CCc2ccc(C(=N)N)cc2)nc2cc(C(=O)N(CCN)Cc3ccccc3)ccc21. The van der Waals surface area contributed by atoms with Gasteiger partial charge in [-0.1, -0.05) is 81.3 Å². The van der Waals surface area contributed by atoms with Gasteiger partial charge in [-0.15, -0.1) is 0 Å². The Hall–Kier alpha value is -4.01. The Bertz CT molecular complexity index is 1490. The van der Waals surface area contributed by atoms with Gasteiger partial charge in [0.25, 0.3) is 5.91 Å². The average molecular weight is 610 g/mol. The third-order valence-electron chi connectivity index (χ3n) is 8.39. The summed E-state index contributed by atoms with van der Waals surface area (Å²) in [6.07, 6.45) is 7.53. The van der Waals surface area contributed by atoms with E-state index in [1.54, 1.807) is 0 Å². The van der Waals surface area contributed by atoms with Gasteiger partial charge in [-0.3, -0.25) is 10.2 Å². The van der Waals surface area contributed by atoms with Gasteiger partial charge >= 0.3 is 0 Å². The third-order valence-corrected chi connectivity index (χ3v) is 8.39. The number of nitrogens with zero attached hydrogens (tertiary/aromatic N) is 4. The lowest BCUT2D eigenvalue weighted by Crippen LogP contribution is -2.34. The molecule has 0 radical (unpaired) electrons. The number of carbonyl (C=O) groups is 1. The molecule has 4 rings (SSSR count). The first kappa shape index (κ1) is 33.9. The quantitative estimate of drug-likeness (QED) is 0.0891. The molecule has 1 amide bonds. The predicted molar refractivity (Wildman–Crippen MR) is 186 cm³/mol. The zero-order valence-electron chi connectivity index (χ0n) is 27.2. The van der Waals surface area contributed by atoms with Crippen molar-refractivity contribution in [2.45, 2.75) is 71.9 Å². The van der Waals surface area contributed by atoms with E-state index in [4.69, 9.17) is 21.9 Å². The van der Waals surface area contributed by atoms with Crippen LogP contribution in [0.2, 0.25) is 0 Å². The van der Waals surface area contributed by atoms with Crippen LogP contribution in [-0.4, -0.2) is 63.8 Å². The molecule has 8 nitrogen and oxygen atoms in total. The number of carbonyl (C=O) groups excluding carboxylic acids is 1. The summed E-state index contributed by atoms with van der Waals surface area (Å²) in [5.41, 5.74) is 17.1. The van der Waals surface area contributed by atoms with E-state index in [0.717, 1.165) is 73.4 Å². The van der Waals surface area contributed by atoms with Crippen LogP contribution in [0.5, 0.6) is 0 Å². The normalized spacial score (nSPS) is 11.4. The van der Waals surface area contributed by atoms with E-state index in [1.165, 1.54) is 31.2 Å². The van der Waals surface area contributed by atoms with Crippen molar-refractivity contribution in [2.24, 2.45) is 11.5 Å². The maximum atomic E-state index is 13.7. The van der Waals surface area contributed by atoms with Crippen LogP contribution in [-0.2, 0) is 25.9 Å². The highest BCUT2D eigenvalue weighted by Gasteiger charge is 2.19. The van der Waals surface area contributed by atoms with Gasteiger partial charge in [-0.25, -0.2) is 4.98 Å². The highest BCUT2D eigenvalue weighted by molar-refractivity contribution is 5.97. The van der Waals surface area contributed by atoms with Crippen LogP contribution in [0.1, 0.15) is 78.8 Å². The zero-order chi connectivity index (χ0) is 32.0. The minimum absolute atomic E-state index is 0.0321. The van der Waals surface area contributed by atoms with E-state index in [9.17, 15) is 4.79 Å². The number of amides is 1. The first-order valence-corrected chi connectivity index (χ1v) is 16.6. The molecule has 0 bridgehead atoms. The van der Waals surface area contributed by atoms with Gasteiger partial charge in [0.2, 0.25) is 0 Å². The molecule has 1 heterocycles. The smallest absolute Gasteiger partial charge is 0.254 e. The topological polar surface area (TPSA) is 117 Å². The van der Waals surface area contributed by atoms with Crippen molar-refractivity contribution >= 4 is 22.8 Å². The number of nitrogens with one attached hydrogen (secondary N) is 1. The van der Waals surface area contributed by atoms with Crippen molar-refractivity contribution in [1.82, 2.24) is 19.4 Å². The third kappa shape index (κ3) is 9.74. The molecular formula is C37H51N7O. The Balaban J connectivity index is 1.57. The summed E-state index contributed by atoms with van der Waals surface area (Å²) in [5, 5.41) is 7.68. The number of aromatic nitrogens is 2. The summed E-state index contributed by atoms with van der Waals surface area (Å²) in [5.74, 6) is 1.08. The Morgan fingerprint density at radius 2 is 1.49 bits per heavy atom. The molecule has 45 heavy (non-hydrogen) atoms. The molecule has 1 aromatic heterocycles. The lowest BCUT2D eigenvalue weighted by Gasteiger charge is -2.22. The Morgan fingerprint density at radius 3 is 2.13 bits per heavy atom. The van der Waals surface area contributed by atoms with E-state index in [-0.39, 0.29) is 11.7 Å². The van der Waals surface area contributed by atoms with Gasteiger partial charge in [-0.05, 0) is 74.6 Å². The van der Waals surface area contributed by atoms with Crippen molar-refractivity contribution in [3.63, 3.8) is 0 Å². The average Bonchev–Trinajstić information content (AvgIpc) is 3.41. The van der Waals surface area contributed by atoms with E-state index in [0.29, 0.717) is 25.2 Å². The van der Waals surface area contributed by atoms with E-state index < -0.39 is 0 Å². The monoisotopic (exact) mass is 609 g/mol. The van der Waals surface area contributed by atoms with Gasteiger partial charge in [0.1, 0.15) is 11.7 Å². The fraction of sp³-hybridized carbons (Fsp3) is 0.432. The Kier molecular flexibility index (Phi) is 13.2. The van der Waals surface area contributed by atoms with Crippen molar-refractivity contribution in [3.8, 4) is 0 Å². The number of hydrogen-bond donors (Lipinski definition) is 3. The molecule has 5 N–H and O–H groups in total. The maximum absolute atomic E-state index is 13.7. The van der Waals surface area contributed by atoms with Crippen molar-refractivity contribution in [3.05, 3.63) is 101 Å². The molecule has 0 saturated carbocycles. The van der Waals surface area contributed by atoms with E-state index in [2.05, 4.69) is 29.4 Å². The summed E-state index contributed by atoms with van der Waals surface area (Å²) < 4.78 is 2.35. The molecule has 8 heteroatoms. The molecule has 0 spiro atoms. The molecular weight excluding hydrogens is 558 g/mol. The lowest BCUT2D eigenvalue weighted by molar-refractivity contribution is 0.0748. The molecule has 0 atom stereocenters. The predicted octanol–water partition coefficient (Wildman–Crippen LogP) is 6.00. The molecule has 240 valence electrons. The number of rotatable bonds is 19. The molecule has 0 aliphatic heterocycles. The number of benzene rings is 3. The van der Waals surface area contributed by atoms with Gasteiger partial charge < -0.3 is 25.8 Å². The number of hydrogen-bond acceptors (Lipinski definition) is 5. The number of nitrogens with two attached hydrogens (primary N) is 2. The van der Waals surface area contributed by atoms with E-state index in [1.807, 2.05) is 71.6 Å². The first-order chi connectivity index (χ1) is 21.9. The summed E-state index contributed by atoms with van der Waals surface area (Å²) in [6.45, 7) is 10.2. The molecule has 3 aromatic carbocycles.